The second kappa shape index (κ2) is 15.7. The fourth-order valence-corrected chi connectivity index (χ4v) is 3.55. The topological polar surface area (TPSA) is 60.4 Å². The molecule has 6 heteroatoms. The summed E-state index contributed by atoms with van der Waals surface area (Å²) in [4.78, 5) is 2.05. The Morgan fingerprint density at radius 1 is 0.667 bits per heavy atom. The van der Waals surface area contributed by atoms with E-state index in [1.165, 1.54) is 25.7 Å². The zero-order valence-corrected chi connectivity index (χ0v) is 18.7. The predicted molar refractivity (Wildman–Crippen MR) is 110 cm³/mol. The summed E-state index contributed by atoms with van der Waals surface area (Å²) in [6.45, 7) is 14.9. The Kier molecular flexibility index (Phi) is 15.5. The molecular formula is C21H45NO5. The van der Waals surface area contributed by atoms with Crippen molar-refractivity contribution in [2.45, 2.75) is 91.8 Å². The highest BCUT2D eigenvalue weighted by Gasteiger charge is 2.57. The maximum Gasteiger partial charge on any atom is 0.286 e. The van der Waals surface area contributed by atoms with Crippen molar-refractivity contribution < 1.29 is 24.1 Å². The molecule has 0 aliphatic heterocycles. The van der Waals surface area contributed by atoms with Crippen LogP contribution in [0, 0.1) is 0 Å². The third-order valence-electron chi connectivity index (χ3n) is 4.66. The van der Waals surface area contributed by atoms with Gasteiger partial charge in [-0.05, 0) is 41.0 Å². The van der Waals surface area contributed by atoms with Crippen LogP contribution in [0.25, 0.3) is 0 Å². The van der Waals surface area contributed by atoms with Gasteiger partial charge in [-0.25, -0.2) is 4.90 Å². The van der Waals surface area contributed by atoms with Crippen LogP contribution in [0.1, 0.15) is 80.1 Å². The molecule has 0 spiro atoms. The molecule has 0 unspecified atom stereocenters. The van der Waals surface area contributed by atoms with Gasteiger partial charge in [0.05, 0.1) is 6.61 Å². The molecule has 0 atom stereocenters. The Hall–Kier alpha value is -0.240. The van der Waals surface area contributed by atoms with Gasteiger partial charge in [0.15, 0.2) is 0 Å². The fraction of sp³-hybridized carbons (Fsp3) is 1.00. The molecule has 0 fully saturated rings. The van der Waals surface area contributed by atoms with Crippen LogP contribution in [-0.2, 0) is 18.9 Å². The van der Waals surface area contributed by atoms with Crippen LogP contribution < -0.4 is 0 Å². The van der Waals surface area contributed by atoms with Crippen molar-refractivity contribution in [3.05, 3.63) is 0 Å². The average molecular weight is 392 g/mol. The lowest BCUT2D eigenvalue weighted by molar-refractivity contribution is -0.450. The molecule has 0 radical (unpaired) electrons. The lowest BCUT2D eigenvalue weighted by Gasteiger charge is -2.51. The molecule has 0 heterocycles. The Labute approximate surface area is 167 Å². The Morgan fingerprint density at radius 2 is 1.15 bits per heavy atom. The highest BCUT2D eigenvalue weighted by atomic mass is 16.8. The molecule has 0 aliphatic rings. The molecule has 0 saturated carbocycles. The summed E-state index contributed by atoms with van der Waals surface area (Å²) < 4.78 is 24.4. The number of rotatable bonds is 19. The summed E-state index contributed by atoms with van der Waals surface area (Å²) in [5, 5.41) is 9.70. The van der Waals surface area contributed by atoms with E-state index in [0.717, 1.165) is 19.4 Å². The van der Waals surface area contributed by atoms with Crippen LogP contribution in [0.15, 0.2) is 0 Å². The minimum absolute atomic E-state index is 0.0199. The van der Waals surface area contributed by atoms with Crippen molar-refractivity contribution in [1.82, 2.24) is 4.90 Å². The number of unbranched alkanes of at least 4 members (excludes halogenated alkanes) is 5. The van der Waals surface area contributed by atoms with Gasteiger partial charge < -0.3 is 24.1 Å². The van der Waals surface area contributed by atoms with E-state index >= 15 is 0 Å². The van der Waals surface area contributed by atoms with Crippen molar-refractivity contribution in [2.24, 2.45) is 0 Å². The molecule has 27 heavy (non-hydrogen) atoms. The molecule has 0 aromatic heterocycles. The summed E-state index contributed by atoms with van der Waals surface area (Å²) in [5.74, 6) is -2.30. The first-order valence-corrected chi connectivity index (χ1v) is 10.9. The van der Waals surface area contributed by atoms with Gasteiger partial charge in [-0.2, -0.15) is 0 Å². The molecule has 0 bridgehead atoms. The number of hydrogen-bond acceptors (Lipinski definition) is 6. The summed E-state index contributed by atoms with van der Waals surface area (Å²) in [6.07, 6.45) is 7.19. The molecule has 0 saturated heterocycles. The lowest BCUT2D eigenvalue weighted by atomic mass is 10.1. The lowest BCUT2D eigenvalue weighted by Crippen LogP contribution is -2.69. The van der Waals surface area contributed by atoms with E-state index in [0.29, 0.717) is 33.0 Å². The summed E-state index contributed by atoms with van der Waals surface area (Å²) in [7, 11) is 0. The minimum Gasteiger partial charge on any atom is -0.395 e. The van der Waals surface area contributed by atoms with Crippen LogP contribution in [-0.4, -0.2) is 67.8 Å². The highest BCUT2D eigenvalue weighted by Crippen LogP contribution is 2.36. The third-order valence-corrected chi connectivity index (χ3v) is 4.66. The number of ether oxygens (including phenoxy) is 4. The van der Waals surface area contributed by atoms with Gasteiger partial charge in [-0.3, -0.25) is 0 Å². The number of nitrogens with zero attached hydrogens (tertiary/aromatic N) is 1. The van der Waals surface area contributed by atoms with Crippen LogP contribution in [0.4, 0.5) is 0 Å². The van der Waals surface area contributed by atoms with E-state index in [-0.39, 0.29) is 6.61 Å². The fourth-order valence-electron chi connectivity index (χ4n) is 3.55. The zero-order valence-electron chi connectivity index (χ0n) is 18.7. The van der Waals surface area contributed by atoms with Crippen LogP contribution in [0.2, 0.25) is 0 Å². The minimum atomic E-state index is -1.20. The second-order valence-electron chi connectivity index (χ2n) is 6.74. The van der Waals surface area contributed by atoms with Gasteiger partial charge in [0.2, 0.25) is 5.79 Å². The molecule has 164 valence electrons. The van der Waals surface area contributed by atoms with E-state index in [2.05, 4.69) is 6.92 Å². The van der Waals surface area contributed by atoms with Gasteiger partial charge in [0, 0.05) is 39.5 Å². The SMILES string of the molecule is CCCCCCCCN(CCO)C(OCC)(OCC)C(C)(OCC)OCC. The van der Waals surface area contributed by atoms with E-state index in [1.54, 1.807) is 0 Å². The van der Waals surface area contributed by atoms with E-state index in [9.17, 15) is 5.11 Å². The average Bonchev–Trinajstić information content (AvgIpc) is 2.63. The molecule has 0 aliphatic carbocycles. The molecule has 0 aromatic rings. The molecular weight excluding hydrogens is 346 g/mol. The van der Waals surface area contributed by atoms with Gasteiger partial charge in [0.25, 0.3) is 5.91 Å². The Morgan fingerprint density at radius 3 is 1.59 bits per heavy atom. The van der Waals surface area contributed by atoms with Gasteiger partial charge in [0.1, 0.15) is 0 Å². The van der Waals surface area contributed by atoms with E-state index in [1.807, 2.05) is 39.5 Å². The standard InChI is InChI=1S/C21H45NO5/c1-7-12-13-14-15-16-17-22(18-19-23)21(26-10-4,27-11-5)20(6,24-8-2)25-9-3/h23H,7-19H2,1-6H3. The number of hydrogen-bond donors (Lipinski definition) is 1. The normalized spacial score (nSPS) is 12.9. The van der Waals surface area contributed by atoms with Crippen molar-refractivity contribution >= 4 is 0 Å². The summed E-state index contributed by atoms with van der Waals surface area (Å²) in [5.41, 5.74) is 0. The first-order chi connectivity index (χ1) is 13.0. The quantitative estimate of drug-likeness (QED) is 0.264. The second-order valence-corrected chi connectivity index (χ2v) is 6.74. The van der Waals surface area contributed by atoms with Gasteiger partial charge >= 0.3 is 0 Å². The number of aliphatic hydroxyl groups excluding tert-OH is 1. The molecule has 6 nitrogen and oxygen atoms in total. The monoisotopic (exact) mass is 391 g/mol. The van der Waals surface area contributed by atoms with Gasteiger partial charge in [-0.1, -0.05) is 39.0 Å². The first-order valence-electron chi connectivity index (χ1n) is 10.9. The van der Waals surface area contributed by atoms with Gasteiger partial charge in [-0.15, -0.1) is 0 Å². The van der Waals surface area contributed by atoms with E-state index in [4.69, 9.17) is 18.9 Å². The van der Waals surface area contributed by atoms with Crippen molar-refractivity contribution in [3.63, 3.8) is 0 Å². The van der Waals surface area contributed by atoms with Crippen molar-refractivity contribution in [3.8, 4) is 0 Å². The zero-order chi connectivity index (χ0) is 20.6. The van der Waals surface area contributed by atoms with Crippen LogP contribution in [0.3, 0.4) is 0 Å². The highest BCUT2D eigenvalue weighted by molar-refractivity contribution is 4.87. The molecule has 1 N–H and O–H groups in total. The maximum absolute atomic E-state index is 9.70. The summed E-state index contributed by atoms with van der Waals surface area (Å²) in [6, 6.07) is 0. The molecule has 0 aromatic carbocycles. The molecule has 0 amide bonds. The Bertz CT molecular complexity index is 329. The first kappa shape index (κ1) is 26.8. The smallest absolute Gasteiger partial charge is 0.286 e. The van der Waals surface area contributed by atoms with E-state index < -0.39 is 11.7 Å². The van der Waals surface area contributed by atoms with Crippen LogP contribution >= 0.6 is 0 Å². The maximum atomic E-state index is 9.70. The number of aliphatic hydroxyl groups is 1. The van der Waals surface area contributed by atoms with Crippen molar-refractivity contribution in [2.75, 3.05) is 46.1 Å². The third kappa shape index (κ3) is 8.34. The Balaban J connectivity index is 5.50. The molecule has 0 rings (SSSR count). The predicted octanol–water partition coefficient (Wildman–Crippen LogP) is 4.16. The van der Waals surface area contributed by atoms with Crippen LogP contribution in [0.5, 0.6) is 0 Å². The van der Waals surface area contributed by atoms with Crippen molar-refractivity contribution in [1.29, 1.82) is 0 Å². The summed E-state index contributed by atoms with van der Waals surface area (Å²) >= 11 is 0. The largest absolute Gasteiger partial charge is 0.395 e.